The molecule has 25 heavy (non-hydrogen) atoms. The average Bonchev–Trinajstić information content (AvgIpc) is 2.88. The van der Waals surface area contributed by atoms with Gasteiger partial charge in [0.05, 0.1) is 11.1 Å². The molecule has 4 N–H and O–H groups in total. The Morgan fingerprint density at radius 2 is 1.88 bits per heavy atom. The highest BCUT2D eigenvalue weighted by molar-refractivity contribution is 6.06. The smallest absolute Gasteiger partial charge is 0.250 e. The number of rotatable bonds is 3. The second-order valence-corrected chi connectivity index (χ2v) is 6.45. The third-order valence-corrected chi connectivity index (χ3v) is 4.81. The number of nitrogens with zero attached hydrogens (tertiary/aromatic N) is 1. The number of benzene rings is 2. The Labute approximate surface area is 146 Å². The summed E-state index contributed by atoms with van der Waals surface area (Å²) in [5.41, 5.74) is 10.1. The molecule has 4 rings (SSSR count). The van der Waals surface area contributed by atoms with E-state index in [0.29, 0.717) is 5.56 Å². The minimum absolute atomic E-state index is 0.413. The Kier molecular flexibility index (Phi) is 4.15. The van der Waals surface area contributed by atoms with E-state index in [1.54, 1.807) is 6.07 Å². The van der Waals surface area contributed by atoms with E-state index in [-0.39, 0.29) is 0 Å². The molecule has 0 bridgehead atoms. The van der Waals surface area contributed by atoms with Gasteiger partial charge < -0.3 is 20.9 Å². The van der Waals surface area contributed by atoms with E-state index >= 15 is 0 Å². The van der Waals surface area contributed by atoms with Gasteiger partial charge in [-0.25, -0.2) is 0 Å². The van der Waals surface area contributed by atoms with Crippen LogP contribution in [-0.4, -0.2) is 37.1 Å². The van der Waals surface area contributed by atoms with Crippen LogP contribution >= 0.6 is 0 Å². The molecule has 0 spiro atoms. The Morgan fingerprint density at radius 1 is 1.04 bits per heavy atom. The molecule has 1 aliphatic rings. The number of para-hydroxylation sites is 1. The highest BCUT2D eigenvalue weighted by Crippen LogP contribution is 2.28. The first-order chi connectivity index (χ1) is 12.2. The lowest BCUT2D eigenvalue weighted by Gasteiger charge is -2.22. The summed E-state index contributed by atoms with van der Waals surface area (Å²) in [5, 5.41) is 4.42. The van der Waals surface area contributed by atoms with E-state index < -0.39 is 5.91 Å². The number of carbonyl (C=O) groups is 1. The lowest BCUT2D eigenvalue weighted by molar-refractivity contribution is 0.100. The first kappa shape index (κ1) is 15.7. The van der Waals surface area contributed by atoms with Gasteiger partial charge in [0.2, 0.25) is 0 Å². The summed E-state index contributed by atoms with van der Waals surface area (Å²) in [4.78, 5) is 17.4. The Morgan fingerprint density at radius 3 is 2.68 bits per heavy atom. The average molecular weight is 334 g/mol. The zero-order chi connectivity index (χ0) is 17.2. The molecule has 1 aromatic heterocycles. The monoisotopic (exact) mass is 334 g/mol. The van der Waals surface area contributed by atoms with Gasteiger partial charge in [-0.1, -0.05) is 24.3 Å². The molecule has 0 unspecified atom stereocenters. The molecule has 128 valence electrons. The van der Waals surface area contributed by atoms with Gasteiger partial charge in [-0.05, 0) is 42.8 Å². The molecule has 0 radical (unpaired) electrons. The van der Waals surface area contributed by atoms with Crippen molar-refractivity contribution in [2.45, 2.75) is 6.42 Å². The van der Waals surface area contributed by atoms with Crippen molar-refractivity contribution in [1.82, 2.24) is 10.3 Å². The Balaban J connectivity index is 1.65. The van der Waals surface area contributed by atoms with Gasteiger partial charge in [0.15, 0.2) is 0 Å². The second kappa shape index (κ2) is 6.61. The number of aromatic nitrogens is 1. The minimum atomic E-state index is -0.413. The number of hydrogen-bond donors (Lipinski definition) is 3. The molecule has 3 aromatic rings. The van der Waals surface area contributed by atoms with E-state index in [1.165, 1.54) is 12.1 Å². The summed E-state index contributed by atoms with van der Waals surface area (Å²) in [6.07, 6.45) is 1.17. The highest BCUT2D eigenvalue weighted by atomic mass is 16.1. The number of aromatic amines is 1. The summed E-state index contributed by atoms with van der Waals surface area (Å²) >= 11 is 0. The standard InChI is InChI=1S/C20H22N4O/c21-20(25)17-4-1-3-15-13-18(23-19(15)17)14-5-7-16(8-6-14)24-11-2-9-22-10-12-24/h1,3-8,13,22-23H,2,9-12H2,(H2,21,25). The van der Waals surface area contributed by atoms with E-state index in [0.717, 1.165) is 48.3 Å². The van der Waals surface area contributed by atoms with Crippen molar-refractivity contribution in [3.63, 3.8) is 0 Å². The fourth-order valence-corrected chi connectivity index (χ4v) is 3.47. The van der Waals surface area contributed by atoms with Gasteiger partial charge >= 0.3 is 0 Å². The lowest BCUT2D eigenvalue weighted by Crippen LogP contribution is -2.27. The molecular formula is C20H22N4O. The van der Waals surface area contributed by atoms with Crippen LogP contribution in [0, 0.1) is 0 Å². The van der Waals surface area contributed by atoms with Crippen LogP contribution in [0.15, 0.2) is 48.5 Å². The van der Waals surface area contributed by atoms with Crippen molar-refractivity contribution in [2.75, 3.05) is 31.1 Å². The highest BCUT2D eigenvalue weighted by Gasteiger charge is 2.12. The third-order valence-electron chi connectivity index (χ3n) is 4.81. The van der Waals surface area contributed by atoms with Crippen LogP contribution in [0.4, 0.5) is 5.69 Å². The molecule has 0 atom stereocenters. The van der Waals surface area contributed by atoms with Crippen molar-refractivity contribution in [3.05, 3.63) is 54.1 Å². The van der Waals surface area contributed by atoms with Gasteiger partial charge in [0, 0.05) is 36.4 Å². The van der Waals surface area contributed by atoms with Crippen LogP contribution in [0.2, 0.25) is 0 Å². The molecule has 5 nitrogen and oxygen atoms in total. The quantitative estimate of drug-likeness (QED) is 0.689. The summed E-state index contributed by atoms with van der Waals surface area (Å²) < 4.78 is 0. The van der Waals surface area contributed by atoms with Crippen LogP contribution in [0.3, 0.4) is 0 Å². The van der Waals surface area contributed by atoms with Crippen molar-refractivity contribution in [1.29, 1.82) is 0 Å². The molecule has 0 saturated carbocycles. The SMILES string of the molecule is NC(=O)c1cccc2cc(-c3ccc(N4CCCNCC4)cc3)[nH]c12. The van der Waals surface area contributed by atoms with E-state index in [9.17, 15) is 4.79 Å². The summed E-state index contributed by atoms with van der Waals surface area (Å²) in [6.45, 7) is 4.24. The Bertz CT molecular complexity index is 890. The number of amides is 1. The Hall–Kier alpha value is -2.79. The van der Waals surface area contributed by atoms with Gasteiger partial charge in [-0.3, -0.25) is 4.79 Å². The first-order valence-electron chi connectivity index (χ1n) is 8.70. The van der Waals surface area contributed by atoms with Crippen molar-refractivity contribution < 1.29 is 4.79 Å². The molecule has 5 heteroatoms. The van der Waals surface area contributed by atoms with Crippen LogP contribution in [0.1, 0.15) is 16.8 Å². The third kappa shape index (κ3) is 3.10. The van der Waals surface area contributed by atoms with Crippen LogP contribution in [0.25, 0.3) is 22.2 Å². The van der Waals surface area contributed by atoms with E-state index in [4.69, 9.17) is 5.73 Å². The van der Waals surface area contributed by atoms with Crippen molar-refractivity contribution in [3.8, 4) is 11.3 Å². The predicted molar refractivity (Wildman–Crippen MR) is 102 cm³/mol. The van der Waals surface area contributed by atoms with Crippen LogP contribution in [0.5, 0.6) is 0 Å². The molecule has 1 aliphatic heterocycles. The maximum Gasteiger partial charge on any atom is 0.250 e. The maximum atomic E-state index is 11.6. The summed E-state index contributed by atoms with van der Waals surface area (Å²) in [5.74, 6) is -0.413. The number of primary amides is 1. The predicted octanol–water partition coefficient (Wildman–Crippen LogP) is 2.73. The van der Waals surface area contributed by atoms with Gasteiger partial charge in [0.25, 0.3) is 5.91 Å². The normalized spacial score (nSPS) is 15.3. The van der Waals surface area contributed by atoms with Gasteiger partial charge in [0.1, 0.15) is 0 Å². The molecule has 0 aliphatic carbocycles. The molecule has 1 saturated heterocycles. The lowest BCUT2D eigenvalue weighted by atomic mass is 10.1. The van der Waals surface area contributed by atoms with Crippen molar-refractivity contribution >= 4 is 22.5 Å². The number of nitrogens with two attached hydrogens (primary N) is 1. The van der Waals surface area contributed by atoms with E-state index in [2.05, 4.69) is 45.5 Å². The van der Waals surface area contributed by atoms with Crippen molar-refractivity contribution in [2.24, 2.45) is 5.73 Å². The second-order valence-electron chi connectivity index (χ2n) is 6.45. The molecular weight excluding hydrogens is 312 g/mol. The maximum absolute atomic E-state index is 11.6. The summed E-state index contributed by atoms with van der Waals surface area (Å²) in [6, 6.07) is 16.2. The summed E-state index contributed by atoms with van der Waals surface area (Å²) in [7, 11) is 0. The fourth-order valence-electron chi connectivity index (χ4n) is 3.47. The molecule has 1 amide bonds. The van der Waals surface area contributed by atoms with Gasteiger partial charge in [-0.15, -0.1) is 0 Å². The number of nitrogens with one attached hydrogen (secondary N) is 2. The number of carbonyl (C=O) groups excluding carboxylic acids is 1. The molecule has 2 heterocycles. The number of hydrogen-bond acceptors (Lipinski definition) is 3. The zero-order valence-electron chi connectivity index (χ0n) is 14.1. The van der Waals surface area contributed by atoms with E-state index in [1.807, 2.05) is 12.1 Å². The van der Waals surface area contributed by atoms with Crippen LogP contribution < -0.4 is 16.0 Å². The topological polar surface area (TPSA) is 74.2 Å². The largest absolute Gasteiger partial charge is 0.370 e. The fraction of sp³-hybridized carbons (Fsp3) is 0.250. The minimum Gasteiger partial charge on any atom is -0.370 e. The number of anilines is 1. The van der Waals surface area contributed by atoms with Crippen LogP contribution in [-0.2, 0) is 0 Å². The first-order valence-corrected chi connectivity index (χ1v) is 8.70. The number of H-pyrrole nitrogens is 1. The van der Waals surface area contributed by atoms with Gasteiger partial charge in [-0.2, -0.15) is 0 Å². The molecule has 2 aromatic carbocycles. The zero-order valence-corrected chi connectivity index (χ0v) is 14.1. The molecule has 1 fully saturated rings. The number of fused-ring (bicyclic) bond motifs is 1.